The van der Waals surface area contributed by atoms with Gasteiger partial charge in [-0.2, -0.15) is 0 Å². The second-order valence-corrected chi connectivity index (χ2v) is 3.16. The average molecular weight is 238 g/mol. The minimum Gasteiger partial charge on any atom is -0.427 e. The molecular weight excluding hydrogens is 228 g/mol. The number of nitrogens with zero attached hydrogens (tertiary/aromatic N) is 1. The van der Waals surface area contributed by atoms with Crippen LogP contribution in [0.2, 0.25) is 0 Å². The number of rotatable bonds is 4. The third-order valence-corrected chi connectivity index (χ3v) is 1.67. The molecule has 1 N–H and O–H groups in total. The number of esters is 1. The lowest BCUT2D eigenvalue weighted by Crippen LogP contribution is -2.21. The predicted octanol–water partition coefficient (Wildman–Crippen LogP) is 0.827. The van der Waals surface area contributed by atoms with Gasteiger partial charge in [0.05, 0.1) is 0 Å². The molecule has 0 aliphatic carbocycles. The number of benzene rings is 1. The van der Waals surface area contributed by atoms with Gasteiger partial charge in [-0.3, -0.25) is 19.7 Å². The SMILES string of the molecule is CC(=O)Oc1ccc(NC(=O)C[N+](=O)[O-])cc1. The zero-order valence-corrected chi connectivity index (χ0v) is 9.00. The molecule has 90 valence electrons. The van der Waals surface area contributed by atoms with Crippen molar-refractivity contribution in [3.63, 3.8) is 0 Å². The zero-order valence-electron chi connectivity index (χ0n) is 9.00. The van der Waals surface area contributed by atoms with Gasteiger partial charge in [-0.15, -0.1) is 0 Å². The van der Waals surface area contributed by atoms with E-state index in [2.05, 4.69) is 5.32 Å². The normalized spacial score (nSPS) is 9.47. The second kappa shape index (κ2) is 5.59. The first-order chi connectivity index (χ1) is 7.97. The van der Waals surface area contributed by atoms with E-state index < -0.39 is 23.3 Å². The van der Waals surface area contributed by atoms with Crippen molar-refractivity contribution >= 4 is 17.6 Å². The number of amides is 1. The molecule has 0 unspecified atom stereocenters. The molecule has 0 radical (unpaired) electrons. The van der Waals surface area contributed by atoms with Gasteiger partial charge >= 0.3 is 5.97 Å². The molecule has 0 fully saturated rings. The molecule has 1 amide bonds. The Morgan fingerprint density at radius 3 is 2.41 bits per heavy atom. The number of nitrogens with one attached hydrogen (secondary N) is 1. The van der Waals surface area contributed by atoms with Crippen LogP contribution < -0.4 is 10.1 Å². The average Bonchev–Trinajstić information content (AvgIpc) is 2.18. The van der Waals surface area contributed by atoms with Crippen LogP contribution >= 0.6 is 0 Å². The summed E-state index contributed by atoms with van der Waals surface area (Å²) >= 11 is 0. The van der Waals surface area contributed by atoms with Crippen molar-refractivity contribution in [2.75, 3.05) is 11.9 Å². The molecule has 0 aromatic heterocycles. The highest BCUT2D eigenvalue weighted by Crippen LogP contribution is 2.15. The van der Waals surface area contributed by atoms with Gasteiger partial charge in [0.15, 0.2) is 0 Å². The van der Waals surface area contributed by atoms with Gasteiger partial charge in [0, 0.05) is 17.5 Å². The van der Waals surface area contributed by atoms with Crippen molar-refractivity contribution in [1.82, 2.24) is 0 Å². The lowest BCUT2D eigenvalue weighted by atomic mass is 10.3. The largest absolute Gasteiger partial charge is 0.427 e. The molecule has 1 rings (SSSR count). The van der Waals surface area contributed by atoms with E-state index in [1.54, 1.807) is 0 Å². The molecule has 0 spiro atoms. The fourth-order valence-electron chi connectivity index (χ4n) is 1.09. The Labute approximate surface area is 96.5 Å². The zero-order chi connectivity index (χ0) is 12.8. The van der Waals surface area contributed by atoms with E-state index in [-0.39, 0.29) is 0 Å². The van der Waals surface area contributed by atoms with Gasteiger partial charge in [-0.05, 0) is 24.3 Å². The number of ether oxygens (including phenoxy) is 1. The molecule has 0 aliphatic heterocycles. The van der Waals surface area contributed by atoms with Crippen molar-refractivity contribution in [2.45, 2.75) is 6.92 Å². The highest BCUT2D eigenvalue weighted by atomic mass is 16.6. The molecule has 1 aromatic carbocycles. The van der Waals surface area contributed by atoms with E-state index in [1.807, 2.05) is 0 Å². The van der Waals surface area contributed by atoms with Gasteiger partial charge in [-0.25, -0.2) is 0 Å². The number of anilines is 1. The second-order valence-electron chi connectivity index (χ2n) is 3.16. The fourth-order valence-corrected chi connectivity index (χ4v) is 1.09. The first-order valence-corrected chi connectivity index (χ1v) is 4.67. The highest BCUT2D eigenvalue weighted by Gasteiger charge is 2.09. The molecule has 7 nitrogen and oxygen atoms in total. The number of nitro groups is 1. The Morgan fingerprint density at radius 1 is 1.35 bits per heavy atom. The van der Waals surface area contributed by atoms with Crippen LogP contribution in [0.5, 0.6) is 5.75 Å². The van der Waals surface area contributed by atoms with E-state index in [4.69, 9.17) is 4.74 Å². The smallest absolute Gasteiger partial charge is 0.308 e. The molecule has 0 aliphatic rings. The maximum absolute atomic E-state index is 11.0. The van der Waals surface area contributed by atoms with Gasteiger partial charge in [-0.1, -0.05) is 0 Å². The molecule has 0 atom stereocenters. The number of hydrogen-bond acceptors (Lipinski definition) is 5. The van der Waals surface area contributed by atoms with E-state index in [1.165, 1.54) is 31.2 Å². The predicted molar refractivity (Wildman–Crippen MR) is 58.2 cm³/mol. The standard InChI is InChI=1S/C10H10N2O5/c1-7(13)17-9-4-2-8(3-5-9)11-10(14)6-12(15)16/h2-5H,6H2,1H3,(H,11,14). The Balaban J connectivity index is 2.59. The maximum Gasteiger partial charge on any atom is 0.308 e. The van der Waals surface area contributed by atoms with Crippen LogP contribution in [0.25, 0.3) is 0 Å². The molecule has 0 bridgehead atoms. The first kappa shape index (κ1) is 12.6. The summed E-state index contributed by atoms with van der Waals surface area (Å²) in [7, 11) is 0. The Hall–Kier alpha value is -2.44. The molecule has 0 heterocycles. The Morgan fingerprint density at radius 2 is 1.94 bits per heavy atom. The van der Waals surface area contributed by atoms with Gasteiger partial charge < -0.3 is 10.1 Å². The minimum atomic E-state index is -0.786. The third-order valence-electron chi connectivity index (χ3n) is 1.67. The summed E-state index contributed by atoms with van der Waals surface area (Å²) in [6, 6.07) is 5.92. The van der Waals surface area contributed by atoms with Gasteiger partial charge in [0.25, 0.3) is 12.5 Å². The molecular formula is C10H10N2O5. The first-order valence-electron chi connectivity index (χ1n) is 4.67. The monoisotopic (exact) mass is 238 g/mol. The maximum atomic E-state index is 11.0. The highest BCUT2D eigenvalue weighted by molar-refractivity contribution is 5.91. The summed E-state index contributed by atoms with van der Waals surface area (Å²) in [6.45, 7) is 0.485. The molecule has 0 saturated heterocycles. The van der Waals surface area contributed by atoms with Crippen molar-refractivity contribution < 1.29 is 19.2 Å². The van der Waals surface area contributed by atoms with Crippen LogP contribution in [0.4, 0.5) is 5.69 Å². The van der Waals surface area contributed by atoms with Crippen LogP contribution in [-0.2, 0) is 9.59 Å². The van der Waals surface area contributed by atoms with Crippen molar-refractivity contribution in [2.24, 2.45) is 0 Å². The van der Waals surface area contributed by atoms with Crippen LogP contribution in [-0.4, -0.2) is 23.3 Å². The van der Waals surface area contributed by atoms with E-state index in [9.17, 15) is 19.7 Å². The summed E-state index contributed by atoms with van der Waals surface area (Å²) in [5.74, 6) is -0.824. The van der Waals surface area contributed by atoms with Crippen LogP contribution in [0, 0.1) is 10.1 Å². The lowest BCUT2D eigenvalue weighted by molar-refractivity contribution is -0.467. The Kier molecular flexibility index (Phi) is 4.15. The van der Waals surface area contributed by atoms with Gasteiger partial charge in [0.2, 0.25) is 0 Å². The molecule has 1 aromatic rings. The van der Waals surface area contributed by atoms with E-state index in [0.29, 0.717) is 11.4 Å². The Bertz CT molecular complexity index is 441. The summed E-state index contributed by atoms with van der Waals surface area (Å²) in [4.78, 5) is 31.0. The molecule has 17 heavy (non-hydrogen) atoms. The summed E-state index contributed by atoms with van der Waals surface area (Å²) in [5, 5.41) is 12.4. The minimum absolute atomic E-state index is 0.338. The quantitative estimate of drug-likeness (QED) is 0.362. The third kappa shape index (κ3) is 4.74. The topological polar surface area (TPSA) is 98.5 Å². The van der Waals surface area contributed by atoms with E-state index in [0.717, 1.165) is 0 Å². The molecule has 0 saturated carbocycles. The van der Waals surface area contributed by atoms with E-state index >= 15 is 0 Å². The number of carbonyl (C=O) groups is 2. The van der Waals surface area contributed by atoms with Crippen molar-refractivity contribution in [3.8, 4) is 5.75 Å². The molecule has 7 heteroatoms. The summed E-state index contributed by atoms with van der Waals surface area (Å²) in [5.41, 5.74) is 0.396. The summed E-state index contributed by atoms with van der Waals surface area (Å²) < 4.78 is 4.78. The van der Waals surface area contributed by atoms with Gasteiger partial charge in [0.1, 0.15) is 5.75 Å². The number of hydrogen-bond donors (Lipinski definition) is 1. The number of carbonyl (C=O) groups excluding carboxylic acids is 2. The van der Waals surface area contributed by atoms with Crippen LogP contribution in [0.15, 0.2) is 24.3 Å². The fraction of sp³-hybridized carbons (Fsp3) is 0.200. The summed E-state index contributed by atoms with van der Waals surface area (Å²) in [6.07, 6.45) is 0. The van der Waals surface area contributed by atoms with Crippen LogP contribution in [0.1, 0.15) is 6.92 Å². The van der Waals surface area contributed by atoms with Crippen molar-refractivity contribution in [1.29, 1.82) is 0 Å². The lowest BCUT2D eigenvalue weighted by Gasteiger charge is -2.04. The van der Waals surface area contributed by atoms with Crippen LogP contribution in [0.3, 0.4) is 0 Å². The van der Waals surface area contributed by atoms with Crippen molar-refractivity contribution in [3.05, 3.63) is 34.4 Å².